The van der Waals surface area contributed by atoms with Crippen molar-refractivity contribution in [2.75, 3.05) is 0 Å². The number of benzene rings is 1. The maximum absolute atomic E-state index is 11.6. The average Bonchev–Trinajstić information content (AvgIpc) is 2.56. The first kappa shape index (κ1) is 18.5. The molecule has 1 aromatic rings. The number of rotatable bonds is 12. The third-order valence-corrected chi connectivity index (χ3v) is 4.05. The fourth-order valence-corrected chi connectivity index (χ4v) is 2.72. The van der Waals surface area contributed by atoms with E-state index in [1.807, 2.05) is 18.2 Å². The Balaban J connectivity index is 2.30. The van der Waals surface area contributed by atoms with Crippen LogP contribution in [0.2, 0.25) is 0 Å². The summed E-state index contributed by atoms with van der Waals surface area (Å²) in [6, 6.07) is 10.3. The average molecular weight is 301 g/mol. The molecule has 0 bridgehead atoms. The van der Waals surface area contributed by atoms with Crippen molar-refractivity contribution in [1.29, 1.82) is 0 Å². The molecule has 0 heterocycles. The Kier molecular flexibility index (Phi) is 10.1. The predicted octanol–water partition coefficient (Wildman–Crippen LogP) is 5.56. The fraction of sp³-hybridized carbons (Fsp3) is 0.550. The first-order valence-electron chi connectivity index (χ1n) is 8.75. The Morgan fingerprint density at radius 1 is 1.05 bits per heavy atom. The molecule has 0 radical (unpaired) electrons. The molecular formula is C20H31NO. The lowest BCUT2D eigenvalue weighted by Gasteiger charge is -2.18. The summed E-state index contributed by atoms with van der Waals surface area (Å²) in [7, 11) is 0. The number of unbranched alkanes of at least 4 members (excludes halogenated alkanes) is 7. The predicted molar refractivity (Wildman–Crippen MR) is 94.7 cm³/mol. The van der Waals surface area contributed by atoms with E-state index in [1.54, 1.807) is 0 Å². The van der Waals surface area contributed by atoms with Gasteiger partial charge in [0.05, 0.1) is 6.04 Å². The molecule has 1 N–H and O–H groups in total. The van der Waals surface area contributed by atoms with Gasteiger partial charge in [0.25, 0.3) is 0 Å². The van der Waals surface area contributed by atoms with Crippen LogP contribution in [0.3, 0.4) is 0 Å². The summed E-state index contributed by atoms with van der Waals surface area (Å²) < 4.78 is 0. The van der Waals surface area contributed by atoms with Crippen LogP contribution in [0.25, 0.3) is 0 Å². The molecular weight excluding hydrogens is 270 g/mol. The van der Waals surface area contributed by atoms with E-state index >= 15 is 0 Å². The monoisotopic (exact) mass is 301 g/mol. The van der Waals surface area contributed by atoms with E-state index in [-0.39, 0.29) is 11.9 Å². The number of carbonyl (C=O) groups excluding carboxylic acids is 1. The van der Waals surface area contributed by atoms with Crippen molar-refractivity contribution < 1.29 is 4.79 Å². The molecule has 0 aromatic heterocycles. The third-order valence-electron chi connectivity index (χ3n) is 4.05. The number of amides is 1. The minimum absolute atomic E-state index is 0.0894. The van der Waals surface area contributed by atoms with Gasteiger partial charge < -0.3 is 5.32 Å². The number of hydrogen-bond acceptors (Lipinski definition) is 1. The van der Waals surface area contributed by atoms with Crippen molar-refractivity contribution in [2.24, 2.45) is 0 Å². The van der Waals surface area contributed by atoms with Gasteiger partial charge in [0.1, 0.15) is 0 Å². The third kappa shape index (κ3) is 8.02. The van der Waals surface area contributed by atoms with Gasteiger partial charge >= 0.3 is 0 Å². The zero-order chi connectivity index (χ0) is 16.0. The van der Waals surface area contributed by atoms with Crippen molar-refractivity contribution >= 4 is 5.91 Å². The van der Waals surface area contributed by atoms with Gasteiger partial charge in [-0.3, -0.25) is 4.79 Å². The van der Waals surface area contributed by atoms with Crippen molar-refractivity contribution in [3.63, 3.8) is 0 Å². The molecule has 1 unspecified atom stereocenters. The molecule has 0 aliphatic rings. The first-order valence-corrected chi connectivity index (χ1v) is 8.75. The number of carbonyl (C=O) groups is 1. The lowest BCUT2D eigenvalue weighted by atomic mass is 9.99. The maximum atomic E-state index is 11.6. The highest BCUT2D eigenvalue weighted by Crippen LogP contribution is 2.20. The van der Waals surface area contributed by atoms with Gasteiger partial charge in [0, 0.05) is 0 Å². The molecule has 0 aliphatic carbocycles. The maximum Gasteiger partial charge on any atom is 0.243 e. The summed E-state index contributed by atoms with van der Waals surface area (Å²) in [5.74, 6) is -0.0894. The van der Waals surface area contributed by atoms with Crippen LogP contribution >= 0.6 is 0 Å². The van der Waals surface area contributed by atoms with Crippen LogP contribution in [-0.4, -0.2) is 5.91 Å². The van der Waals surface area contributed by atoms with Gasteiger partial charge in [-0.05, 0) is 18.1 Å². The molecule has 0 saturated heterocycles. The first-order chi connectivity index (χ1) is 10.8. The molecule has 1 amide bonds. The quantitative estimate of drug-likeness (QED) is 0.397. The van der Waals surface area contributed by atoms with Crippen LogP contribution in [-0.2, 0) is 4.79 Å². The second kappa shape index (κ2) is 12.0. The van der Waals surface area contributed by atoms with E-state index in [9.17, 15) is 4.79 Å². The molecule has 1 aromatic carbocycles. The van der Waals surface area contributed by atoms with Crippen molar-refractivity contribution in [3.8, 4) is 0 Å². The normalized spacial score (nSPS) is 11.9. The van der Waals surface area contributed by atoms with Crippen LogP contribution in [0, 0.1) is 0 Å². The van der Waals surface area contributed by atoms with Crippen LogP contribution in [0.1, 0.15) is 76.3 Å². The Bertz CT molecular complexity index is 413. The van der Waals surface area contributed by atoms with E-state index in [4.69, 9.17) is 0 Å². The van der Waals surface area contributed by atoms with E-state index in [0.29, 0.717) is 0 Å². The molecule has 2 heteroatoms. The van der Waals surface area contributed by atoms with Gasteiger partial charge in [0.15, 0.2) is 0 Å². The van der Waals surface area contributed by atoms with Crippen molar-refractivity contribution in [1.82, 2.24) is 5.32 Å². The van der Waals surface area contributed by atoms with E-state index in [2.05, 4.69) is 31.0 Å². The molecule has 0 saturated carbocycles. The van der Waals surface area contributed by atoms with Gasteiger partial charge in [0.2, 0.25) is 5.91 Å². The van der Waals surface area contributed by atoms with Crippen LogP contribution in [0.4, 0.5) is 0 Å². The topological polar surface area (TPSA) is 29.1 Å². The van der Waals surface area contributed by atoms with Gasteiger partial charge in [-0.2, -0.15) is 0 Å². The molecule has 22 heavy (non-hydrogen) atoms. The minimum atomic E-state index is -0.0894. The molecule has 122 valence electrons. The molecule has 0 spiro atoms. The Hall–Kier alpha value is -1.57. The number of nitrogens with one attached hydrogen (secondary N) is 1. The second-order valence-corrected chi connectivity index (χ2v) is 5.94. The summed E-state index contributed by atoms with van der Waals surface area (Å²) in [4.78, 5) is 11.6. The van der Waals surface area contributed by atoms with E-state index in [1.165, 1.54) is 56.6 Å². The lowest BCUT2D eigenvalue weighted by Crippen LogP contribution is -2.26. The van der Waals surface area contributed by atoms with E-state index < -0.39 is 0 Å². The van der Waals surface area contributed by atoms with Gasteiger partial charge in [-0.25, -0.2) is 0 Å². The van der Waals surface area contributed by atoms with Crippen LogP contribution in [0.5, 0.6) is 0 Å². The zero-order valence-electron chi connectivity index (χ0n) is 14.0. The highest BCUT2D eigenvalue weighted by Gasteiger charge is 2.12. The molecule has 1 atom stereocenters. The van der Waals surface area contributed by atoms with Crippen LogP contribution < -0.4 is 5.32 Å². The lowest BCUT2D eigenvalue weighted by molar-refractivity contribution is -0.117. The summed E-state index contributed by atoms with van der Waals surface area (Å²) in [5.41, 5.74) is 1.18. The molecule has 2 nitrogen and oxygen atoms in total. The summed E-state index contributed by atoms with van der Waals surface area (Å²) >= 11 is 0. The highest BCUT2D eigenvalue weighted by atomic mass is 16.1. The highest BCUT2D eigenvalue weighted by molar-refractivity contribution is 5.87. The zero-order valence-corrected chi connectivity index (χ0v) is 14.0. The molecule has 1 rings (SSSR count). The van der Waals surface area contributed by atoms with Crippen LogP contribution in [0.15, 0.2) is 43.0 Å². The minimum Gasteiger partial charge on any atom is -0.346 e. The Morgan fingerprint density at radius 2 is 1.64 bits per heavy atom. The standard InChI is InChI=1S/C20H31NO/c1-3-5-6-7-8-9-10-14-17-19(21-20(22)4-2)18-15-12-11-13-16-18/h4,11-13,15-16,19H,2-3,5-10,14,17H2,1H3,(H,21,22). The molecule has 0 aliphatic heterocycles. The van der Waals surface area contributed by atoms with Crippen molar-refractivity contribution in [3.05, 3.63) is 48.6 Å². The summed E-state index contributed by atoms with van der Waals surface area (Å²) in [6.45, 7) is 5.79. The smallest absolute Gasteiger partial charge is 0.243 e. The Morgan fingerprint density at radius 3 is 2.23 bits per heavy atom. The largest absolute Gasteiger partial charge is 0.346 e. The van der Waals surface area contributed by atoms with Gasteiger partial charge in [-0.15, -0.1) is 0 Å². The molecule has 0 fully saturated rings. The summed E-state index contributed by atoms with van der Waals surface area (Å²) in [5, 5.41) is 3.04. The van der Waals surface area contributed by atoms with Crippen molar-refractivity contribution in [2.45, 2.75) is 70.8 Å². The fourth-order valence-electron chi connectivity index (χ4n) is 2.72. The second-order valence-electron chi connectivity index (χ2n) is 5.94. The summed E-state index contributed by atoms with van der Waals surface area (Å²) in [6.07, 6.45) is 12.8. The van der Waals surface area contributed by atoms with Gasteiger partial charge in [-0.1, -0.05) is 95.2 Å². The Labute approximate surface area is 136 Å². The van der Waals surface area contributed by atoms with E-state index in [0.717, 1.165) is 12.8 Å². The number of hydrogen-bond donors (Lipinski definition) is 1. The SMILES string of the molecule is C=CC(=O)NC(CCCCCCCCCC)c1ccccc1.